The lowest BCUT2D eigenvalue weighted by atomic mass is 10.3. The number of hydrogen-bond donors (Lipinski definition) is 4. The van der Waals surface area contributed by atoms with Crippen LogP contribution in [0.4, 0.5) is 11.4 Å². The van der Waals surface area contributed by atoms with Crippen molar-refractivity contribution in [2.45, 2.75) is 4.90 Å². The largest absolute Gasteiger partial charge is 0.508 e. The SMILES string of the molecule is O=S(O)c1cc(Cl)cc(N=Nc2ccc(O)cc2O)c1O. The first kappa shape index (κ1) is 15.2. The Balaban J connectivity index is 2.43. The molecular formula is C12H9ClN2O5S. The van der Waals surface area contributed by atoms with Crippen LogP contribution in [0.3, 0.4) is 0 Å². The summed E-state index contributed by atoms with van der Waals surface area (Å²) in [5.74, 6) is -0.997. The van der Waals surface area contributed by atoms with Crippen LogP contribution in [0.2, 0.25) is 5.02 Å². The van der Waals surface area contributed by atoms with Gasteiger partial charge in [-0.2, -0.15) is 0 Å². The van der Waals surface area contributed by atoms with Crippen molar-refractivity contribution in [1.29, 1.82) is 0 Å². The Morgan fingerprint density at radius 1 is 1.00 bits per heavy atom. The fourth-order valence-corrected chi connectivity index (χ4v) is 2.25. The second-order valence-corrected chi connectivity index (χ2v) is 5.27. The maximum absolute atomic E-state index is 11.0. The van der Waals surface area contributed by atoms with Crippen LogP contribution >= 0.6 is 11.6 Å². The maximum Gasteiger partial charge on any atom is 0.190 e. The van der Waals surface area contributed by atoms with Gasteiger partial charge in [-0.15, -0.1) is 10.2 Å². The van der Waals surface area contributed by atoms with Crippen LogP contribution in [-0.2, 0) is 11.1 Å². The highest BCUT2D eigenvalue weighted by molar-refractivity contribution is 7.79. The zero-order valence-electron chi connectivity index (χ0n) is 10.3. The third-order valence-electron chi connectivity index (χ3n) is 2.43. The van der Waals surface area contributed by atoms with Crippen LogP contribution < -0.4 is 0 Å². The van der Waals surface area contributed by atoms with E-state index in [1.165, 1.54) is 18.2 Å². The smallest absolute Gasteiger partial charge is 0.190 e. The molecule has 0 aliphatic carbocycles. The van der Waals surface area contributed by atoms with Gasteiger partial charge in [0, 0.05) is 11.1 Å². The van der Waals surface area contributed by atoms with Crippen molar-refractivity contribution in [3.05, 3.63) is 35.4 Å². The first-order valence-corrected chi connectivity index (χ1v) is 6.94. The lowest BCUT2D eigenvalue weighted by molar-refractivity contribution is 0.450. The Morgan fingerprint density at radius 2 is 1.67 bits per heavy atom. The fraction of sp³-hybridized carbons (Fsp3) is 0. The van der Waals surface area contributed by atoms with Gasteiger partial charge in [0.2, 0.25) is 0 Å². The number of aromatic hydroxyl groups is 3. The molecule has 0 spiro atoms. The van der Waals surface area contributed by atoms with Crippen molar-refractivity contribution in [2.75, 3.05) is 0 Å². The van der Waals surface area contributed by atoms with Gasteiger partial charge in [0.25, 0.3) is 0 Å². The van der Waals surface area contributed by atoms with E-state index in [0.717, 1.165) is 12.1 Å². The third kappa shape index (κ3) is 3.48. The van der Waals surface area contributed by atoms with E-state index in [-0.39, 0.29) is 32.8 Å². The average Bonchev–Trinajstić information content (AvgIpc) is 2.40. The van der Waals surface area contributed by atoms with Crippen LogP contribution in [0.1, 0.15) is 0 Å². The molecule has 1 unspecified atom stereocenters. The zero-order chi connectivity index (χ0) is 15.6. The molecule has 0 aliphatic rings. The summed E-state index contributed by atoms with van der Waals surface area (Å²) in [7, 11) is 0. The van der Waals surface area contributed by atoms with E-state index in [0.29, 0.717) is 0 Å². The number of phenols is 3. The Morgan fingerprint density at radius 3 is 2.29 bits per heavy atom. The molecule has 0 heterocycles. The van der Waals surface area contributed by atoms with Gasteiger partial charge >= 0.3 is 0 Å². The van der Waals surface area contributed by atoms with Crippen molar-refractivity contribution in [3.63, 3.8) is 0 Å². The van der Waals surface area contributed by atoms with Gasteiger partial charge in [0.1, 0.15) is 27.8 Å². The molecule has 0 amide bonds. The molecule has 4 N–H and O–H groups in total. The van der Waals surface area contributed by atoms with Crippen LogP contribution in [0.15, 0.2) is 45.5 Å². The van der Waals surface area contributed by atoms with Crippen molar-refractivity contribution in [1.82, 2.24) is 0 Å². The molecule has 21 heavy (non-hydrogen) atoms. The molecule has 0 bridgehead atoms. The fourth-order valence-electron chi connectivity index (χ4n) is 1.47. The Bertz CT molecular complexity index is 751. The highest BCUT2D eigenvalue weighted by atomic mass is 35.5. The van der Waals surface area contributed by atoms with Gasteiger partial charge in [-0.05, 0) is 24.3 Å². The average molecular weight is 329 g/mol. The van der Waals surface area contributed by atoms with Crippen molar-refractivity contribution < 1.29 is 24.1 Å². The molecule has 0 saturated heterocycles. The molecule has 0 saturated carbocycles. The Labute approximate surface area is 126 Å². The second kappa shape index (κ2) is 6.08. The molecular weight excluding hydrogens is 320 g/mol. The van der Waals surface area contributed by atoms with Crippen molar-refractivity contribution in [3.8, 4) is 17.2 Å². The Hall–Kier alpha value is -2.16. The summed E-state index contributed by atoms with van der Waals surface area (Å²) in [6.45, 7) is 0. The molecule has 2 aromatic rings. The standard InChI is InChI=1S/C12H9ClN2O5S/c13-6-3-9(12(18)11(4-6)21(19)20)15-14-8-2-1-7(16)5-10(8)17/h1-5,16-18H,(H,19,20). The van der Waals surface area contributed by atoms with Crippen molar-refractivity contribution >= 4 is 34.1 Å². The van der Waals surface area contributed by atoms with E-state index in [1.54, 1.807) is 0 Å². The predicted molar refractivity (Wildman–Crippen MR) is 76.1 cm³/mol. The maximum atomic E-state index is 11.0. The quantitative estimate of drug-likeness (QED) is 0.507. The number of halogens is 1. The van der Waals surface area contributed by atoms with E-state index >= 15 is 0 Å². The van der Waals surface area contributed by atoms with Gasteiger partial charge < -0.3 is 19.9 Å². The molecule has 2 rings (SSSR count). The van der Waals surface area contributed by atoms with Crippen LogP contribution in [0.5, 0.6) is 17.2 Å². The summed E-state index contributed by atoms with van der Waals surface area (Å²) < 4.78 is 20.1. The molecule has 1 atom stereocenters. The summed E-state index contributed by atoms with van der Waals surface area (Å²) >= 11 is 3.32. The summed E-state index contributed by atoms with van der Waals surface area (Å²) in [6, 6.07) is 6.04. The van der Waals surface area contributed by atoms with Crippen LogP contribution in [0, 0.1) is 0 Å². The second-order valence-electron chi connectivity index (χ2n) is 3.89. The summed E-state index contributed by atoms with van der Waals surface area (Å²) in [6.07, 6.45) is 0. The number of azo groups is 1. The van der Waals surface area contributed by atoms with Gasteiger partial charge in [-0.1, -0.05) is 11.6 Å². The van der Waals surface area contributed by atoms with Gasteiger partial charge in [0.05, 0.1) is 0 Å². The lowest BCUT2D eigenvalue weighted by Crippen LogP contribution is -1.89. The molecule has 110 valence electrons. The first-order valence-electron chi connectivity index (χ1n) is 5.45. The molecule has 0 radical (unpaired) electrons. The third-order valence-corrected chi connectivity index (χ3v) is 3.34. The first-order chi connectivity index (χ1) is 9.88. The minimum absolute atomic E-state index is 0.0406. The predicted octanol–water partition coefficient (Wildman–Crippen LogP) is 3.45. The van der Waals surface area contributed by atoms with Gasteiger partial charge in [0.15, 0.2) is 16.8 Å². The summed E-state index contributed by atoms with van der Waals surface area (Å²) in [5, 5.41) is 36.0. The molecule has 0 fully saturated rings. The number of benzene rings is 2. The molecule has 9 heteroatoms. The van der Waals surface area contributed by atoms with E-state index in [9.17, 15) is 14.4 Å². The number of hydrogen-bond acceptors (Lipinski definition) is 6. The molecule has 7 nitrogen and oxygen atoms in total. The van der Waals surface area contributed by atoms with E-state index in [2.05, 4.69) is 10.2 Å². The van der Waals surface area contributed by atoms with Crippen LogP contribution in [0.25, 0.3) is 0 Å². The molecule has 0 aliphatic heterocycles. The minimum atomic E-state index is -2.44. The minimum Gasteiger partial charge on any atom is -0.508 e. The van der Waals surface area contributed by atoms with Crippen LogP contribution in [-0.4, -0.2) is 24.1 Å². The van der Waals surface area contributed by atoms with Crippen molar-refractivity contribution in [2.24, 2.45) is 10.2 Å². The van der Waals surface area contributed by atoms with Gasteiger partial charge in [-0.25, -0.2) is 4.21 Å². The normalized spacial score (nSPS) is 12.7. The highest BCUT2D eigenvalue weighted by Gasteiger charge is 2.14. The molecule has 0 aromatic heterocycles. The number of rotatable bonds is 3. The summed E-state index contributed by atoms with van der Waals surface area (Å²) in [5.41, 5.74) is -0.0915. The van der Waals surface area contributed by atoms with E-state index < -0.39 is 16.8 Å². The monoisotopic (exact) mass is 328 g/mol. The van der Waals surface area contributed by atoms with E-state index in [1.807, 2.05) is 0 Å². The Kier molecular flexibility index (Phi) is 4.41. The topological polar surface area (TPSA) is 123 Å². The van der Waals surface area contributed by atoms with E-state index in [4.69, 9.17) is 21.3 Å². The lowest BCUT2D eigenvalue weighted by Gasteiger charge is -2.04. The number of nitrogens with zero attached hydrogens (tertiary/aromatic N) is 2. The van der Waals surface area contributed by atoms with Gasteiger partial charge in [-0.3, -0.25) is 0 Å². The zero-order valence-corrected chi connectivity index (χ0v) is 11.8. The molecule has 2 aromatic carbocycles. The number of phenolic OH excluding ortho intramolecular Hbond substituents is 3. The summed E-state index contributed by atoms with van der Waals surface area (Å²) in [4.78, 5) is -0.300. The highest BCUT2D eigenvalue weighted by Crippen LogP contribution is 2.37.